The molecular weight excluding hydrogens is 118 g/mol. The Morgan fingerprint density at radius 3 is 2.78 bits per heavy atom. The molecule has 1 aliphatic rings. The van der Waals surface area contributed by atoms with Crippen molar-refractivity contribution in [3.63, 3.8) is 0 Å². The summed E-state index contributed by atoms with van der Waals surface area (Å²) >= 11 is 0. The Kier molecular flexibility index (Phi) is 1.53. The van der Waals surface area contributed by atoms with Crippen LogP contribution in [0.2, 0.25) is 0 Å². The molecule has 0 spiro atoms. The molecule has 0 radical (unpaired) electrons. The lowest BCUT2D eigenvalue weighted by Crippen LogP contribution is -2.21. The average molecular weight is 127 g/mol. The van der Waals surface area contributed by atoms with Gasteiger partial charge >= 0.3 is 0 Å². The van der Waals surface area contributed by atoms with E-state index in [1.54, 1.807) is 0 Å². The Bertz CT molecular complexity index is 162. The summed E-state index contributed by atoms with van der Waals surface area (Å²) in [6.45, 7) is 0. The zero-order valence-corrected chi connectivity index (χ0v) is 5.00. The van der Waals surface area contributed by atoms with E-state index in [2.05, 4.69) is 0 Å². The number of nitrogens with two attached hydrogens (primary N) is 1. The van der Waals surface area contributed by atoms with Crippen molar-refractivity contribution in [3.05, 3.63) is 11.8 Å². The van der Waals surface area contributed by atoms with Gasteiger partial charge in [-0.15, -0.1) is 0 Å². The molecule has 0 aromatic heterocycles. The average Bonchev–Trinajstić information content (AvgIpc) is 1.59. The molecule has 0 bridgehead atoms. The Labute approximate surface area is 53.2 Å². The maximum atomic E-state index is 10.6. The minimum absolute atomic E-state index is 0.0775. The Balaban J connectivity index is 2.67. The summed E-state index contributed by atoms with van der Waals surface area (Å²) in [5.41, 5.74) is 5.78. The Morgan fingerprint density at radius 1 is 1.67 bits per heavy atom. The van der Waals surface area contributed by atoms with E-state index in [9.17, 15) is 4.79 Å². The third-order valence-electron chi connectivity index (χ3n) is 1.25. The van der Waals surface area contributed by atoms with Crippen LogP contribution < -0.4 is 5.73 Å². The maximum absolute atomic E-state index is 10.6. The molecule has 50 valence electrons. The fourth-order valence-electron chi connectivity index (χ4n) is 0.901. The van der Waals surface area contributed by atoms with E-state index in [1.807, 2.05) is 0 Å². The molecule has 1 atom stereocenters. The van der Waals surface area contributed by atoms with E-state index in [0.717, 1.165) is 0 Å². The van der Waals surface area contributed by atoms with Gasteiger partial charge in [0, 0.05) is 24.6 Å². The third-order valence-corrected chi connectivity index (χ3v) is 1.25. The standard InChI is InChI=1S/C6H9NO2/c7-4-1-5(8)3-6(9)2-4/h1,6,9H,2-3,7H2. The van der Waals surface area contributed by atoms with E-state index in [4.69, 9.17) is 10.8 Å². The monoisotopic (exact) mass is 127 g/mol. The molecule has 0 saturated heterocycles. The van der Waals surface area contributed by atoms with Crippen molar-refractivity contribution in [2.45, 2.75) is 18.9 Å². The predicted octanol–water partition coefficient (Wildman–Crippen LogP) is -0.447. The van der Waals surface area contributed by atoms with Gasteiger partial charge in [-0.25, -0.2) is 0 Å². The van der Waals surface area contributed by atoms with E-state index in [1.165, 1.54) is 6.08 Å². The molecule has 3 nitrogen and oxygen atoms in total. The molecule has 0 amide bonds. The number of rotatable bonds is 0. The fraction of sp³-hybridized carbons (Fsp3) is 0.500. The first kappa shape index (κ1) is 6.29. The van der Waals surface area contributed by atoms with Gasteiger partial charge in [0.05, 0.1) is 6.10 Å². The number of carbonyl (C=O) groups is 1. The molecule has 0 aliphatic heterocycles. The molecule has 1 unspecified atom stereocenters. The van der Waals surface area contributed by atoms with Crippen LogP contribution in [0.25, 0.3) is 0 Å². The fourth-order valence-corrected chi connectivity index (χ4v) is 0.901. The summed E-state index contributed by atoms with van der Waals surface area (Å²) in [6, 6.07) is 0. The normalized spacial score (nSPS) is 27.9. The van der Waals surface area contributed by atoms with Gasteiger partial charge in [0.25, 0.3) is 0 Å². The van der Waals surface area contributed by atoms with E-state index in [-0.39, 0.29) is 12.2 Å². The van der Waals surface area contributed by atoms with Crippen LogP contribution in [0.1, 0.15) is 12.8 Å². The highest BCUT2D eigenvalue weighted by Crippen LogP contribution is 2.10. The number of hydrogen-bond donors (Lipinski definition) is 2. The van der Waals surface area contributed by atoms with Gasteiger partial charge in [-0.2, -0.15) is 0 Å². The first-order chi connectivity index (χ1) is 4.18. The quantitative estimate of drug-likeness (QED) is 0.463. The van der Waals surface area contributed by atoms with E-state index >= 15 is 0 Å². The first-order valence-electron chi connectivity index (χ1n) is 2.85. The molecule has 0 heterocycles. The number of hydrogen-bond acceptors (Lipinski definition) is 3. The zero-order chi connectivity index (χ0) is 6.85. The third kappa shape index (κ3) is 1.54. The van der Waals surface area contributed by atoms with Crippen molar-refractivity contribution < 1.29 is 9.90 Å². The molecule has 1 rings (SSSR count). The lowest BCUT2D eigenvalue weighted by molar-refractivity contribution is -0.117. The van der Waals surface area contributed by atoms with Crippen LogP contribution in [0.5, 0.6) is 0 Å². The van der Waals surface area contributed by atoms with Crippen molar-refractivity contribution in [2.24, 2.45) is 5.73 Å². The minimum atomic E-state index is -0.553. The van der Waals surface area contributed by atoms with Crippen molar-refractivity contribution in [1.29, 1.82) is 0 Å². The van der Waals surface area contributed by atoms with Gasteiger partial charge < -0.3 is 10.8 Å². The topological polar surface area (TPSA) is 63.3 Å². The summed E-state index contributed by atoms with van der Waals surface area (Å²) in [7, 11) is 0. The highest BCUT2D eigenvalue weighted by atomic mass is 16.3. The van der Waals surface area contributed by atoms with Crippen LogP contribution in [0, 0.1) is 0 Å². The number of allylic oxidation sites excluding steroid dienone is 1. The summed E-state index contributed by atoms with van der Waals surface area (Å²) in [4.78, 5) is 10.6. The van der Waals surface area contributed by atoms with Crippen molar-refractivity contribution >= 4 is 5.78 Å². The predicted molar refractivity (Wildman–Crippen MR) is 32.5 cm³/mol. The Hall–Kier alpha value is -0.830. The van der Waals surface area contributed by atoms with E-state index in [0.29, 0.717) is 12.1 Å². The smallest absolute Gasteiger partial charge is 0.159 e. The summed E-state index contributed by atoms with van der Waals surface area (Å²) in [6.07, 6.45) is 1.49. The van der Waals surface area contributed by atoms with E-state index < -0.39 is 6.10 Å². The SMILES string of the molecule is NC1=CC(=O)CC(O)C1. The van der Waals surface area contributed by atoms with Crippen molar-refractivity contribution in [1.82, 2.24) is 0 Å². The van der Waals surface area contributed by atoms with Crippen LogP contribution in [-0.4, -0.2) is 17.0 Å². The molecule has 9 heavy (non-hydrogen) atoms. The van der Waals surface area contributed by atoms with Crippen LogP contribution in [0.4, 0.5) is 0 Å². The van der Waals surface area contributed by atoms with Crippen LogP contribution in [0.15, 0.2) is 11.8 Å². The van der Waals surface area contributed by atoms with Crippen molar-refractivity contribution in [2.75, 3.05) is 0 Å². The molecule has 3 heteroatoms. The Morgan fingerprint density at radius 2 is 2.33 bits per heavy atom. The lowest BCUT2D eigenvalue weighted by Gasteiger charge is -2.13. The largest absolute Gasteiger partial charge is 0.402 e. The van der Waals surface area contributed by atoms with Crippen LogP contribution in [0.3, 0.4) is 0 Å². The van der Waals surface area contributed by atoms with Gasteiger partial charge in [-0.3, -0.25) is 4.79 Å². The second-order valence-corrected chi connectivity index (χ2v) is 2.25. The van der Waals surface area contributed by atoms with Gasteiger partial charge in [0.2, 0.25) is 0 Å². The molecule has 3 N–H and O–H groups in total. The number of ketones is 1. The molecule has 0 aromatic carbocycles. The number of aliphatic hydroxyl groups is 1. The first-order valence-corrected chi connectivity index (χ1v) is 2.85. The lowest BCUT2D eigenvalue weighted by atomic mass is 10.0. The second kappa shape index (κ2) is 2.19. The summed E-state index contributed by atoms with van der Waals surface area (Å²) < 4.78 is 0. The molecule has 0 saturated carbocycles. The number of aliphatic hydroxyl groups excluding tert-OH is 1. The van der Waals surface area contributed by atoms with Gasteiger partial charge in [0.15, 0.2) is 5.78 Å². The minimum Gasteiger partial charge on any atom is -0.402 e. The highest BCUT2D eigenvalue weighted by molar-refractivity contribution is 5.91. The highest BCUT2D eigenvalue weighted by Gasteiger charge is 2.15. The summed E-state index contributed by atoms with van der Waals surface area (Å²) in [5, 5.41) is 8.91. The van der Waals surface area contributed by atoms with Crippen molar-refractivity contribution in [3.8, 4) is 0 Å². The molecule has 0 aromatic rings. The molecule has 1 aliphatic carbocycles. The maximum Gasteiger partial charge on any atom is 0.159 e. The summed E-state index contributed by atoms with van der Waals surface area (Å²) in [5.74, 6) is -0.0775. The number of carbonyl (C=O) groups excluding carboxylic acids is 1. The van der Waals surface area contributed by atoms with Gasteiger partial charge in [-0.05, 0) is 0 Å². The zero-order valence-electron chi connectivity index (χ0n) is 5.00. The van der Waals surface area contributed by atoms with Crippen LogP contribution in [-0.2, 0) is 4.79 Å². The molecule has 0 fully saturated rings. The van der Waals surface area contributed by atoms with Gasteiger partial charge in [-0.1, -0.05) is 0 Å². The molecular formula is C6H9NO2. The second-order valence-electron chi connectivity index (χ2n) is 2.25. The van der Waals surface area contributed by atoms with Crippen LogP contribution >= 0.6 is 0 Å². The van der Waals surface area contributed by atoms with Gasteiger partial charge in [0.1, 0.15) is 0 Å².